The minimum absolute atomic E-state index is 0.242. The summed E-state index contributed by atoms with van der Waals surface area (Å²) in [6.07, 6.45) is 3.46. The standard InChI is InChI=1S/C17H17ClFN5O2/c1-23-8-11(7-20-23)17-21-16(22-26-17)15-10-25-6-5-24(15)9-12-13(18)3-2-4-14(12)19/h2-4,7-8,15H,5-6,9-10H2,1H3/t15-/m0/s1. The largest absolute Gasteiger partial charge is 0.378 e. The molecule has 1 aliphatic rings. The van der Waals surface area contributed by atoms with Crippen molar-refractivity contribution in [3.05, 3.63) is 52.8 Å². The fraction of sp³-hybridized carbons (Fsp3) is 0.353. The molecule has 1 aliphatic heterocycles. The maximum absolute atomic E-state index is 14.2. The summed E-state index contributed by atoms with van der Waals surface area (Å²) in [6.45, 7) is 1.91. The molecule has 2 aromatic heterocycles. The van der Waals surface area contributed by atoms with Crippen LogP contribution in [0.15, 0.2) is 35.1 Å². The van der Waals surface area contributed by atoms with E-state index >= 15 is 0 Å². The Morgan fingerprint density at radius 1 is 1.38 bits per heavy atom. The van der Waals surface area contributed by atoms with Crippen molar-refractivity contribution in [1.82, 2.24) is 24.8 Å². The van der Waals surface area contributed by atoms with Crippen LogP contribution in [0.25, 0.3) is 11.5 Å². The van der Waals surface area contributed by atoms with Gasteiger partial charge in [-0.2, -0.15) is 10.1 Å². The molecular formula is C17H17ClFN5O2. The first-order chi connectivity index (χ1) is 12.6. The molecule has 0 unspecified atom stereocenters. The third-order valence-electron chi connectivity index (χ3n) is 4.35. The Morgan fingerprint density at radius 3 is 3.04 bits per heavy atom. The predicted octanol–water partition coefficient (Wildman–Crippen LogP) is 2.84. The lowest BCUT2D eigenvalue weighted by Gasteiger charge is -2.33. The number of aromatic nitrogens is 4. The molecule has 0 amide bonds. The zero-order chi connectivity index (χ0) is 18.1. The van der Waals surface area contributed by atoms with Crippen molar-refractivity contribution in [1.29, 1.82) is 0 Å². The highest BCUT2D eigenvalue weighted by molar-refractivity contribution is 6.31. The van der Waals surface area contributed by atoms with Gasteiger partial charge in [0.25, 0.3) is 5.89 Å². The molecule has 136 valence electrons. The number of morpholine rings is 1. The Kier molecular flexibility index (Phi) is 4.71. The molecule has 3 heterocycles. The normalized spacial score (nSPS) is 18.3. The van der Waals surface area contributed by atoms with Gasteiger partial charge in [0, 0.05) is 36.9 Å². The summed E-state index contributed by atoms with van der Waals surface area (Å²) in [5.41, 5.74) is 1.20. The highest BCUT2D eigenvalue weighted by Gasteiger charge is 2.30. The first-order valence-corrected chi connectivity index (χ1v) is 8.57. The Labute approximate surface area is 154 Å². The minimum Gasteiger partial charge on any atom is -0.378 e. The zero-order valence-corrected chi connectivity index (χ0v) is 14.9. The number of aryl methyl sites for hydroxylation is 1. The number of halogens is 2. The predicted molar refractivity (Wildman–Crippen MR) is 91.9 cm³/mol. The van der Waals surface area contributed by atoms with Crippen molar-refractivity contribution in [2.45, 2.75) is 12.6 Å². The van der Waals surface area contributed by atoms with E-state index in [2.05, 4.69) is 15.2 Å². The van der Waals surface area contributed by atoms with Crippen LogP contribution in [0, 0.1) is 5.82 Å². The van der Waals surface area contributed by atoms with Crippen molar-refractivity contribution in [2.75, 3.05) is 19.8 Å². The van der Waals surface area contributed by atoms with Gasteiger partial charge in [0.05, 0.1) is 31.0 Å². The number of rotatable bonds is 4. The summed E-state index contributed by atoms with van der Waals surface area (Å²) in [4.78, 5) is 6.52. The molecule has 26 heavy (non-hydrogen) atoms. The van der Waals surface area contributed by atoms with E-state index in [1.165, 1.54) is 6.07 Å². The third kappa shape index (κ3) is 3.35. The van der Waals surface area contributed by atoms with E-state index < -0.39 is 0 Å². The molecule has 4 rings (SSSR count). The summed E-state index contributed by atoms with van der Waals surface area (Å²) < 4.78 is 26.8. The lowest BCUT2D eigenvalue weighted by atomic mass is 10.1. The molecule has 1 atom stereocenters. The van der Waals surface area contributed by atoms with Gasteiger partial charge < -0.3 is 9.26 Å². The van der Waals surface area contributed by atoms with Crippen molar-refractivity contribution in [3.8, 4) is 11.5 Å². The van der Waals surface area contributed by atoms with Crippen LogP contribution in [0.5, 0.6) is 0 Å². The number of nitrogens with zero attached hydrogens (tertiary/aromatic N) is 5. The first-order valence-electron chi connectivity index (χ1n) is 8.19. The second kappa shape index (κ2) is 7.14. The van der Waals surface area contributed by atoms with E-state index in [-0.39, 0.29) is 11.9 Å². The second-order valence-electron chi connectivity index (χ2n) is 6.12. The monoisotopic (exact) mass is 377 g/mol. The van der Waals surface area contributed by atoms with E-state index in [1.54, 1.807) is 29.2 Å². The average Bonchev–Trinajstić information content (AvgIpc) is 3.28. The summed E-state index contributed by atoms with van der Waals surface area (Å²) in [5, 5.41) is 8.60. The van der Waals surface area contributed by atoms with Crippen molar-refractivity contribution in [2.24, 2.45) is 7.05 Å². The molecule has 0 aliphatic carbocycles. The van der Waals surface area contributed by atoms with Gasteiger partial charge >= 0.3 is 0 Å². The molecule has 1 fully saturated rings. The smallest absolute Gasteiger partial charge is 0.261 e. The molecule has 1 saturated heterocycles. The van der Waals surface area contributed by atoms with Crippen LogP contribution < -0.4 is 0 Å². The van der Waals surface area contributed by atoms with Crippen LogP contribution in [-0.2, 0) is 18.3 Å². The Morgan fingerprint density at radius 2 is 2.27 bits per heavy atom. The maximum atomic E-state index is 14.2. The lowest BCUT2D eigenvalue weighted by Crippen LogP contribution is -2.39. The summed E-state index contributed by atoms with van der Waals surface area (Å²) >= 11 is 6.17. The summed E-state index contributed by atoms with van der Waals surface area (Å²) in [5.74, 6) is 0.561. The quantitative estimate of drug-likeness (QED) is 0.696. The topological polar surface area (TPSA) is 69.2 Å². The molecule has 0 radical (unpaired) electrons. The first kappa shape index (κ1) is 17.1. The zero-order valence-electron chi connectivity index (χ0n) is 14.1. The molecular weight excluding hydrogens is 361 g/mol. The second-order valence-corrected chi connectivity index (χ2v) is 6.53. The third-order valence-corrected chi connectivity index (χ3v) is 4.71. The molecule has 9 heteroatoms. The van der Waals surface area contributed by atoms with Crippen LogP contribution >= 0.6 is 11.6 Å². The fourth-order valence-electron chi connectivity index (χ4n) is 2.97. The van der Waals surface area contributed by atoms with Gasteiger partial charge in [-0.1, -0.05) is 22.8 Å². The highest BCUT2D eigenvalue weighted by atomic mass is 35.5. The SMILES string of the molecule is Cn1cc(-c2nc([C@@H]3COCCN3Cc3c(F)cccc3Cl)no2)cn1. The van der Waals surface area contributed by atoms with E-state index in [0.717, 1.165) is 5.56 Å². The minimum atomic E-state index is -0.327. The van der Waals surface area contributed by atoms with Crippen LogP contribution in [0.4, 0.5) is 4.39 Å². The summed E-state index contributed by atoms with van der Waals surface area (Å²) in [6, 6.07) is 4.45. The molecule has 3 aromatic rings. The van der Waals surface area contributed by atoms with Crippen molar-refractivity contribution < 1.29 is 13.7 Å². The van der Waals surface area contributed by atoms with Gasteiger partial charge in [-0.25, -0.2) is 4.39 Å². The summed E-state index contributed by atoms with van der Waals surface area (Å²) in [7, 11) is 1.82. The van der Waals surface area contributed by atoms with Crippen LogP contribution in [-0.4, -0.2) is 44.6 Å². The molecule has 7 nitrogen and oxygen atoms in total. The van der Waals surface area contributed by atoms with Crippen LogP contribution in [0.2, 0.25) is 5.02 Å². The number of hydrogen-bond donors (Lipinski definition) is 0. The molecule has 0 spiro atoms. The van der Waals surface area contributed by atoms with Crippen LogP contribution in [0.1, 0.15) is 17.4 Å². The number of benzene rings is 1. The Bertz CT molecular complexity index is 892. The fourth-order valence-corrected chi connectivity index (χ4v) is 3.19. The Hall–Kier alpha value is -2.29. The van der Waals surface area contributed by atoms with Crippen LogP contribution in [0.3, 0.4) is 0 Å². The van der Waals surface area contributed by atoms with E-state index in [1.807, 2.05) is 11.9 Å². The Balaban J connectivity index is 1.59. The average molecular weight is 378 g/mol. The van der Waals surface area contributed by atoms with Gasteiger partial charge in [0.2, 0.25) is 0 Å². The van der Waals surface area contributed by atoms with Crippen molar-refractivity contribution in [3.63, 3.8) is 0 Å². The van der Waals surface area contributed by atoms with Gasteiger partial charge in [0.15, 0.2) is 5.82 Å². The number of hydrogen-bond acceptors (Lipinski definition) is 6. The van der Waals surface area contributed by atoms with E-state index in [0.29, 0.717) is 48.6 Å². The van der Waals surface area contributed by atoms with Gasteiger partial charge in [-0.05, 0) is 12.1 Å². The lowest BCUT2D eigenvalue weighted by molar-refractivity contribution is -0.0170. The molecule has 0 bridgehead atoms. The van der Waals surface area contributed by atoms with Crippen molar-refractivity contribution >= 4 is 11.6 Å². The van der Waals surface area contributed by atoms with E-state index in [4.69, 9.17) is 20.9 Å². The van der Waals surface area contributed by atoms with E-state index in [9.17, 15) is 4.39 Å². The maximum Gasteiger partial charge on any atom is 0.261 e. The molecule has 0 saturated carbocycles. The van der Waals surface area contributed by atoms with Gasteiger partial charge in [-0.15, -0.1) is 0 Å². The highest BCUT2D eigenvalue weighted by Crippen LogP contribution is 2.29. The molecule has 1 aromatic carbocycles. The number of ether oxygens (including phenoxy) is 1. The molecule has 0 N–H and O–H groups in total. The van der Waals surface area contributed by atoms with Gasteiger partial charge in [-0.3, -0.25) is 9.58 Å². The van der Waals surface area contributed by atoms with Gasteiger partial charge in [0.1, 0.15) is 5.82 Å².